The zero-order valence-electron chi connectivity index (χ0n) is 19.5. The predicted molar refractivity (Wildman–Crippen MR) is 145 cm³/mol. The Kier molecular flexibility index (Phi) is 9.30. The maximum absolute atomic E-state index is 5.77. The van der Waals surface area contributed by atoms with Crippen molar-refractivity contribution < 1.29 is 0 Å². The van der Waals surface area contributed by atoms with E-state index in [0.29, 0.717) is 6.04 Å². The highest BCUT2D eigenvalue weighted by Crippen LogP contribution is 2.49. The van der Waals surface area contributed by atoms with E-state index in [1.54, 1.807) is 0 Å². The van der Waals surface area contributed by atoms with Crippen molar-refractivity contribution >= 4 is 52.8 Å². The number of hydrogen-bond acceptors (Lipinski definition) is 4. The van der Waals surface area contributed by atoms with Gasteiger partial charge < -0.3 is 15.1 Å². The van der Waals surface area contributed by atoms with Crippen molar-refractivity contribution in [2.24, 2.45) is 5.92 Å². The summed E-state index contributed by atoms with van der Waals surface area (Å²) in [7, 11) is 0. The number of fused-ring (bicyclic) bond motifs is 2. The van der Waals surface area contributed by atoms with Crippen molar-refractivity contribution in [3.63, 3.8) is 0 Å². The summed E-state index contributed by atoms with van der Waals surface area (Å²) in [5.74, 6) is 0.730. The Hall–Kier alpha value is -1.27. The van der Waals surface area contributed by atoms with Crippen LogP contribution in [0.4, 0.5) is 11.4 Å². The van der Waals surface area contributed by atoms with E-state index in [9.17, 15) is 0 Å². The third-order valence-electron chi connectivity index (χ3n) is 6.61. The van der Waals surface area contributed by atoms with Crippen LogP contribution >= 0.6 is 36.4 Å². The molecule has 0 bridgehead atoms. The summed E-state index contributed by atoms with van der Waals surface area (Å²) < 4.78 is 0. The van der Waals surface area contributed by atoms with Crippen LogP contribution in [0.5, 0.6) is 0 Å². The standard InChI is InChI=1S/C26H35N3S2.ClH/c1-4-19(2)13-14-27-26(30)21-11-12-25-23(17-21)29(20(3)18-28-15-7-8-16-28)22-9-5-6-10-24(22)31-25;/h5-6,9-12,17,19-20H,4,7-8,13-16,18H2,1-3H3,(H,27,30);1H. The first-order valence-corrected chi connectivity index (χ1v) is 13.0. The monoisotopic (exact) mass is 489 g/mol. The van der Waals surface area contributed by atoms with Gasteiger partial charge in [-0.2, -0.15) is 0 Å². The van der Waals surface area contributed by atoms with E-state index in [-0.39, 0.29) is 12.4 Å². The second-order valence-corrected chi connectivity index (χ2v) is 10.5. The Morgan fingerprint density at radius 2 is 1.78 bits per heavy atom. The first-order chi connectivity index (χ1) is 15.1. The van der Waals surface area contributed by atoms with Crippen molar-refractivity contribution in [3.05, 3.63) is 48.0 Å². The molecule has 0 radical (unpaired) electrons. The lowest BCUT2D eigenvalue weighted by Crippen LogP contribution is -2.40. The van der Waals surface area contributed by atoms with Gasteiger partial charge in [-0.15, -0.1) is 12.4 Å². The molecule has 2 heterocycles. The lowest BCUT2D eigenvalue weighted by molar-refractivity contribution is 0.319. The van der Waals surface area contributed by atoms with Gasteiger partial charge in [-0.05, 0) is 69.5 Å². The Balaban J connectivity index is 0.00000289. The van der Waals surface area contributed by atoms with Gasteiger partial charge in [0.25, 0.3) is 0 Å². The minimum atomic E-state index is 0. The molecule has 1 fully saturated rings. The van der Waals surface area contributed by atoms with Crippen LogP contribution in [0.15, 0.2) is 52.3 Å². The Morgan fingerprint density at radius 1 is 1.06 bits per heavy atom. The molecule has 2 atom stereocenters. The van der Waals surface area contributed by atoms with Crippen LogP contribution in [0.2, 0.25) is 0 Å². The second-order valence-electron chi connectivity index (χ2n) is 9.04. The van der Waals surface area contributed by atoms with E-state index in [1.165, 1.54) is 53.5 Å². The Bertz CT molecular complexity index is 914. The number of benzene rings is 2. The minimum Gasteiger partial charge on any atom is -0.376 e. The summed E-state index contributed by atoms with van der Waals surface area (Å²) in [4.78, 5) is 8.68. The third kappa shape index (κ3) is 5.80. The molecule has 2 aliphatic heterocycles. The van der Waals surface area contributed by atoms with Crippen molar-refractivity contribution in [2.75, 3.05) is 31.1 Å². The van der Waals surface area contributed by atoms with Gasteiger partial charge in [0.1, 0.15) is 4.99 Å². The smallest absolute Gasteiger partial charge is 0.106 e. The normalized spacial score (nSPS) is 17.2. The number of likely N-dealkylation sites (tertiary alicyclic amines) is 1. The third-order valence-corrected chi connectivity index (χ3v) is 8.12. The summed E-state index contributed by atoms with van der Waals surface area (Å²) in [6, 6.07) is 16.0. The molecule has 6 heteroatoms. The first kappa shape index (κ1) is 25.4. The van der Waals surface area contributed by atoms with Crippen LogP contribution in [-0.2, 0) is 0 Å². The molecule has 32 heavy (non-hydrogen) atoms. The van der Waals surface area contributed by atoms with Gasteiger partial charge >= 0.3 is 0 Å². The van der Waals surface area contributed by atoms with Gasteiger partial charge in [-0.1, -0.05) is 62.4 Å². The fourth-order valence-corrected chi connectivity index (χ4v) is 5.84. The average Bonchev–Trinajstić information content (AvgIpc) is 3.29. The van der Waals surface area contributed by atoms with Gasteiger partial charge in [0.05, 0.1) is 11.4 Å². The fourth-order valence-electron chi connectivity index (χ4n) is 4.56. The first-order valence-electron chi connectivity index (χ1n) is 11.8. The highest BCUT2D eigenvalue weighted by Gasteiger charge is 2.29. The summed E-state index contributed by atoms with van der Waals surface area (Å²) in [5, 5.41) is 3.49. The second kappa shape index (κ2) is 11.7. The maximum atomic E-state index is 5.77. The van der Waals surface area contributed by atoms with Crippen LogP contribution in [0.25, 0.3) is 0 Å². The molecule has 0 saturated carbocycles. The van der Waals surface area contributed by atoms with Gasteiger partial charge in [0.2, 0.25) is 0 Å². The van der Waals surface area contributed by atoms with E-state index in [4.69, 9.17) is 12.2 Å². The number of thiocarbonyl (C=S) groups is 1. The molecular formula is C26H36ClN3S2. The Morgan fingerprint density at radius 3 is 2.53 bits per heavy atom. The van der Waals surface area contributed by atoms with Crippen molar-refractivity contribution in [1.82, 2.24) is 10.2 Å². The highest BCUT2D eigenvalue weighted by molar-refractivity contribution is 7.99. The molecular weight excluding hydrogens is 454 g/mol. The highest BCUT2D eigenvalue weighted by atomic mass is 35.5. The number of nitrogens with one attached hydrogen (secondary N) is 1. The number of hydrogen-bond donors (Lipinski definition) is 1. The zero-order valence-corrected chi connectivity index (χ0v) is 21.9. The molecule has 0 amide bonds. The van der Waals surface area contributed by atoms with Crippen molar-refractivity contribution in [2.45, 2.75) is 62.3 Å². The zero-order chi connectivity index (χ0) is 21.8. The van der Waals surface area contributed by atoms with Crippen LogP contribution < -0.4 is 10.2 Å². The summed E-state index contributed by atoms with van der Waals surface area (Å²) in [6.45, 7) is 11.4. The molecule has 0 aliphatic carbocycles. The van der Waals surface area contributed by atoms with E-state index >= 15 is 0 Å². The quantitative estimate of drug-likeness (QED) is 0.405. The van der Waals surface area contributed by atoms with Crippen molar-refractivity contribution in [3.8, 4) is 0 Å². The molecule has 0 spiro atoms. The molecule has 2 aromatic rings. The van der Waals surface area contributed by atoms with Gasteiger partial charge in [0.15, 0.2) is 0 Å². The molecule has 2 unspecified atom stereocenters. The minimum absolute atomic E-state index is 0. The van der Waals surface area contributed by atoms with Gasteiger partial charge in [-0.3, -0.25) is 0 Å². The van der Waals surface area contributed by atoms with E-state index < -0.39 is 0 Å². The number of halogens is 1. The van der Waals surface area contributed by atoms with E-state index in [2.05, 4.69) is 78.4 Å². The molecule has 0 aromatic heterocycles. The van der Waals surface area contributed by atoms with Gasteiger partial charge in [-0.25, -0.2) is 0 Å². The molecule has 4 rings (SSSR count). The fraction of sp³-hybridized carbons (Fsp3) is 0.500. The average molecular weight is 490 g/mol. The lowest BCUT2D eigenvalue weighted by Gasteiger charge is -2.39. The number of rotatable bonds is 8. The van der Waals surface area contributed by atoms with Gasteiger partial charge in [0, 0.05) is 34.5 Å². The van der Waals surface area contributed by atoms with Crippen LogP contribution in [0.3, 0.4) is 0 Å². The predicted octanol–water partition coefficient (Wildman–Crippen LogP) is 6.90. The molecule has 2 aromatic carbocycles. The molecule has 174 valence electrons. The van der Waals surface area contributed by atoms with Crippen LogP contribution in [0, 0.1) is 5.92 Å². The summed E-state index contributed by atoms with van der Waals surface area (Å²) in [6.07, 6.45) is 5.03. The molecule has 2 aliphatic rings. The van der Waals surface area contributed by atoms with Crippen molar-refractivity contribution in [1.29, 1.82) is 0 Å². The largest absolute Gasteiger partial charge is 0.376 e. The summed E-state index contributed by atoms with van der Waals surface area (Å²) >= 11 is 7.64. The molecule has 3 nitrogen and oxygen atoms in total. The number of anilines is 2. The maximum Gasteiger partial charge on any atom is 0.106 e. The number of nitrogens with zero attached hydrogens (tertiary/aromatic N) is 2. The number of para-hydroxylation sites is 1. The molecule has 1 saturated heterocycles. The SMILES string of the molecule is CCC(C)CCNC(=S)c1ccc2c(c1)N(C(C)CN1CCCC1)c1ccccc1S2.Cl. The topological polar surface area (TPSA) is 18.5 Å². The lowest BCUT2D eigenvalue weighted by atomic mass is 10.1. The van der Waals surface area contributed by atoms with E-state index in [0.717, 1.165) is 36.0 Å². The van der Waals surface area contributed by atoms with Crippen LogP contribution in [-0.4, -0.2) is 42.1 Å². The summed E-state index contributed by atoms with van der Waals surface area (Å²) in [5.41, 5.74) is 3.73. The Labute approximate surface area is 209 Å². The van der Waals surface area contributed by atoms with E-state index in [1.807, 2.05) is 11.8 Å². The van der Waals surface area contributed by atoms with Crippen LogP contribution in [0.1, 0.15) is 52.0 Å². The molecule has 1 N–H and O–H groups in total.